The number of carbonyl (C=O) groups is 1. The molecule has 0 amide bonds. The van der Waals surface area contributed by atoms with Crippen molar-refractivity contribution in [1.29, 1.82) is 5.26 Å². The van der Waals surface area contributed by atoms with Crippen LogP contribution >= 0.6 is 11.6 Å². The van der Waals surface area contributed by atoms with Gasteiger partial charge >= 0.3 is 0 Å². The van der Waals surface area contributed by atoms with E-state index >= 15 is 0 Å². The predicted octanol–water partition coefficient (Wildman–Crippen LogP) is 3.29. The molecule has 2 heterocycles. The van der Waals surface area contributed by atoms with Gasteiger partial charge in [0.05, 0.1) is 28.5 Å². The van der Waals surface area contributed by atoms with Gasteiger partial charge in [-0.1, -0.05) is 36.4 Å². The number of halogens is 1. The van der Waals surface area contributed by atoms with Gasteiger partial charge in [0, 0.05) is 10.9 Å². The highest BCUT2D eigenvalue weighted by atomic mass is 35.5. The summed E-state index contributed by atoms with van der Waals surface area (Å²) in [4.78, 5) is 17.8. The third-order valence-electron chi connectivity index (χ3n) is 5.18. The zero-order valence-corrected chi connectivity index (χ0v) is 14.2. The summed E-state index contributed by atoms with van der Waals surface area (Å²) in [5, 5.41) is 20.3. The number of aromatic nitrogens is 1. The molecule has 26 heavy (non-hydrogen) atoms. The molecule has 0 radical (unpaired) electrons. The van der Waals surface area contributed by atoms with Crippen LogP contribution in [0.3, 0.4) is 0 Å². The Morgan fingerprint density at radius 2 is 1.96 bits per heavy atom. The molecule has 2 aliphatic rings. The van der Waals surface area contributed by atoms with E-state index in [1.54, 1.807) is 22.8 Å². The lowest BCUT2D eigenvalue weighted by atomic mass is 9.77. The summed E-state index contributed by atoms with van der Waals surface area (Å²) in [6, 6.07) is 16.6. The minimum absolute atomic E-state index is 0.0432. The lowest BCUT2D eigenvalue weighted by Crippen LogP contribution is -2.51. The average molecular weight is 362 g/mol. The fourth-order valence-corrected chi connectivity index (χ4v) is 4.40. The molecule has 0 fully saturated rings. The number of fused-ring (bicyclic) bond motifs is 7. The number of Topliss-reactive ketones (excluding diaryl/α,β-unsaturated/α-hetero) is 1. The number of hydrogen-bond donors (Lipinski definition) is 1. The van der Waals surface area contributed by atoms with Crippen LogP contribution < -0.4 is 0 Å². The van der Waals surface area contributed by atoms with Gasteiger partial charge in [-0.2, -0.15) is 5.26 Å². The van der Waals surface area contributed by atoms with Crippen LogP contribution in [0.15, 0.2) is 53.5 Å². The van der Waals surface area contributed by atoms with Crippen LogP contribution in [0.1, 0.15) is 21.6 Å². The summed E-state index contributed by atoms with van der Waals surface area (Å²) in [5.41, 5.74) is 1.39. The van der Waals surface area contributed by atoms with Crippen LogP contribution in [0.5, 0.6) is 0 Å². The second-order valence-electron chi connectivity index (χ2n) is 6.46. The Morgan fingerprint density at radius 1 is 1.23 bits per heavy atom. The predicted molar refractivity (Wildman–Crippen MR) is 98.1 cm³/mol. The van der Waals surface area contributed by atoms with Crippen molar-refractivity contribution < 1.29 is 9.90 Å². The number of benzene rings is 2. The number of nitrogens with zero attached hydrogens (tertiary/aromatic N) is 3. The van der Waals surface area contributed by atoms with Gasteiger partial charge in [-0.15, -0.1) is 11.6 Å². The number of aliphatic hydroxyl groups is 1. The van der Waals surface area contributed by atoms with E-state index in [-0.39, 0.29) is 12.3 Å². The van der Waals surface area contributed by atoms with E-state index in [9.17, 15) is 15.2 Å². The molecule has 5 rings (SSSR count). The minimum Gasteiger partial charge on any atom is -0.377 e. The molecule has 1 aromatic heterocycles. The third-order valence-corrected chi connectivity index (χ3v) is 5.69. The van der Waals surface area contributed by atoms with Crippen molar-refractivity contribution in [2.24, 2.45) is 4.99 Å². The molecule has 0 bridgehead atoms. The zero-order chi connectivity index (χ0) is 18.1. The van der Waals surface area contributed by atoms with Crippen molar-refractivity contribution in [3.05, 3.63) is 65.4 Å². The summed E-state index contributed by atoms with van der Waals surface area (Å²) in [7, 11) is 0. The topological polar surface area (TPSA) is 78.4 Å². The van der Waals surface area contributed by atoms with Gasteiger partial charge in [0.1, 0.15) is 17.6 Å². The molecule has 6 heteroatoms. The highest BCUT2D eigenvalue weighted by molar-refractivity contribution is 6.43. The van der Waals surface area contributed by atoms with E-state index in [1.165, 1.54) is 0 Å². The minimum atomic E-state index is -1.70. The number of rotatable bonds is 1. The number of hydrogen-bond acceptors (Lipinski definition) is 4. The van der Waals surface area contributed by atoms with E-state index in [2.05, 4.69) is 11.1 Å². The molecule has 0 spiro atoms. The first-order chi connectivity index (χ1) is 12.6. The van der Waals surface area contributed by atoms with Gasteiger partial charge in [0.2, 0.25) is 0 Å². The molecule has 0 unspecified atom stereocenters. The average Bonchev–Trinajstić information content (AvgIpc) is 3.14. The molecular weight excluding hydrogens is 350 g/mol. The largest absolute Gasteiger partial charge is 0.377 e. The maximum absolute atomic E-state index is 13.2. The Bertz CT molecular complexity index is 1190. The Morgan fingerprint density at radius 3 is 2.77 bits per heavy atom. The van der Waals surface area contributed by atoms with E-state index in [1.807, 2.05) is 30.3 Å². The van der Waals surface area contributed by atoms with E-state index < -0.39 is 11.0 Å². The summed E-state index contributed by atoms with van der Waals surface area (Å²) in [6.07, 6.45) is 0. The highest BCUT2D eigenvalue weighted by Gasteiger charge is 2.56. The lowest BCUT2D eigenvalue weighted by Gasteiger charge is -2.34. The van der Waals surface area contributed by atoms with Gasteiger partial charge < -0.3 is 9.67 Å². The van der Waals surface area contributed by atoms with Crippen molar-refractivity contribution in [1.82, 2.24) is 4.57 Å². The molecular formula is C20H12ClN3O2. The fourth-order valence-electron chi connectivity index (χ4n) is 4.07. The van der Waals surface area contributed by atoms with Gasteiger partial charge in [-0.25, -0.2) is 4.99 Å². The Kier molecular flexibility index (Phi) is 2.97. The van der Waals surface area contributed by atoms with Crippen LogP contribution in [0, 0.1) is 11.3 Å². The molecule has 2 atom stereocenters. The first-order valence-corrected chi connectivity index (χ1v) is 8.60. The van der Waals surface area contributed by atoms with Gasteiger partial charge in [-0.3, -0.25) is 4.79 Å². The molecule has 126 valence electrons. The SMILES string of the molecule is N#CCn1c2c(c3ccccc31)C(=O)[C@@H](Cl)[C@@]1(O)C2=Nc2ccccc21. The summed E-state index contributed by atoms with van der Waals surface area (Å²) in [6.45, 7) is 0.0432. The Hall–Kier alpha value is -2.94. The van der Waals surface area contributed by atoms with Crippen LogP contribution in [-0.4, -0.2) is 26.5 Å². The third kappa shape index (κ3) is 1.63. The molecule has 1 aliphatic carbocycles. The quantitative estimate of drug-likeness (QED) is 0.675. The normalized spacial score (nSPS) is 23.2. The summed E-state index contributed by atoms with van der Waals surface area (Å²) in [5.74, 6) is -0.354. The van der Waals surface area contributed by atoms with Gasteiger partial charge in [0.25, 0.3) is 0 Å². The van der Waals surface area contributed by atoms with Crippen LogP contribution in [0.4, 0.5) is 5.69 Å². The van der Waals surface area contributed by atoms with Crippen LogP contribution in [-0.2, 0) is 12.1 Å². The second kappa shape index (κ2) is 5.04. The Labute approximate surface area is 153 Å². The molecule has 0 saturated heterocycles. The molecule has 5 nitrogen and oxygen atoms in total. The van der Waals surface area contributed by atoms with E-state index in [0.717, 1.165) is 5.52 Å². The first-order valence-electron chi connectivity index (χ1n) is 8.17. The lowest BCUT2D eigenvalue weighted by molar-refractivity contribution is 0.0744. The number of alkyl halides is 1. The molecule has 1 aliphatic heterocycles. The fraction of sp³-hybridized carbons (Fsp3) is 0.150. The number of ketones is 1. The van der Waals surface area contributed by atoms with Crippen LogP contribution in [0.25, 0.3) is 10.9 Å². The van der Waals surface area contributed by atoms with Crippen molar-refractivity contribution in [3.63, 3.8) is 0 Å². The molecule has 2 aromatic carbocycles. The van der Waals surface area contributed by atoms with Crippen LogP contribution in [0.2, 0.25) is 0 Å². The van der Waals surface area contributed by atoms with Gasteiger partial charge in [0.15, 0.2) is 11.4 Å². The van der Waals surface area contributed by atoms with Crippen molar-refractivity contribution >= 4 is 39.7 Å². The van der Waals surface area contributed by atoms with Crippen molar-refractivity contribution in [2.45, 2.75) is 17.5 Å². The first kappa shape index (κ1) is 15.3. The number of nitriles is 1. The smallest absolute Gasteiger partial charge is 0.187 e. The summed E-state index contributed by atoms with van der Waals surface area (Å²) < 4.78 is 1.74. The second-order valence-corrected chi connectivity index (χ2v) is 6.89. The number of aliphatic imine (C=N–C) groups is 1. The maximum atomic E-state index is 13.2. The van der Waals surface area contributed by atoms with Crippen molar-refractivity contribution in [3.8, 4) is 6.07 Å². The Balaban J connectivity index is 1.94. The number of para-hydroxylation sites is 2. The molecule has 0 saturated carbocycles. The standard InChI is InChI=1S/C20H12ClN3O2/c21-18-17(25)15-11-5-1-4-8-14(11)24(10-9-22)16(15)19-20(18,26)12-6-2-3-7-13(12)23-19/h1-8,18,26H,10H2/t18-,20-/m1/s1. The zero-order valence-electron chi connectivity index (χ0n) is 13.5. The molecule has 3 aromatic rings. The van der Waals surface area contributed by atoms with E-state index in [0.29, 0.717) is 33.6 Å². The summed E-state index contributed by atoms with van der Waals surface area (Å²) >= 11 is 6.50. The number of carbonyl (C=O) groups excluding carboxylic acids is 1. The van der Waals surface area contributed by atoms with Gasteiger partial charge in [-0.05, 0) is 12.1 Å². The highest BCUT2D eigenvalue weighted by Crippen LogP contribution is 2.50. The maximum Gasteiger partial charge on any atom is 0.187 e. The monoisotopic (exact) mass is 361 g/mol. The van der Waals surface area contributed by atoms with Crippen molar-refractivity contribution in [2.75, 3.05) is 0 Å². The van der Waals surface area contributed by atoms with E-state index in [4.69, 9.17) is 11.6 Å². The molecule has 1 N–H and O–H groups in total.